The number of anilines is 1. The van der Waals surface area contributed by atoms with Crippen LogP contribution in [0.4, 0.5) is 11.4 Å². The lowest BCUT2D eigenvalue weighted by atomic mass is 10.1. The van der Waals surface area contributed by atoms with Crippen LogP contribution in [0.15, 0.2) is 52.9 Å². The molecular formula is C15H18N4O. The van der Waals surface area contributed by atoms with Crippen LogP contribution in [0.1, 0.15) is 0 Å². The lowest BCUT2D eigenvalue weighted by Crippen LogP contribution is -2.19. The molecule has 0 radical (unpaired) electrons. The molecular weight excluding hydrogens is 252 g/mol. The number of benzene rings is 1. The van der Waals surface area contributed by atoms with Gasteiger partial charge in [0.05, 0.1) is 29.9 Å². The number of methoxy groups -OCH3 is 1. The highest BCUT2D eigenvalue weighted by Gasteiger charge is 2.14. The van der Waals surface area contributed by atoms with Gasteiger partial charge in [0, 0.05) is 25.9 Å². The van der Waals surface area contributed by atoms with Gasteiger partial charge in [-0.15, -0.1) is 0 Å². The Balaban J connectivity index is 2.32. The molecule has 0 saturated carbocycles. The Morgan fingerprint density at radius 3 is 2.35 bits per heavy atom. The fraction of sp³-hybridized carbons (Fsp3) is 0.200. The summed E-state index contributed by atoms with van der Waals surface area (Å²) in [7, 11) is 5.50. The number of nitrogens with one attached hydrogen (secondary N) is 1. The van der Waals surface area contributed by atoms with Gasteiger partial charge in [0.2, 0.25) is 0 Å². The smallest absolute Gasteiger partial charge is 0.146 e. The largest absolute Gasteiger partial charge is 0.494 e. The normalized spacial score (nSPS) is 16.8. The molecule has 0 saturated heterocycles. The number of hydrogen-bond acceptors (Lipinski definition) is 5. The van der Waals surface area contributed by atoms with E-state index in [4.69, 9.17) is 15.9 Å². The number of allylic oxidation sites excluding steroid dienone is 2. The van der Waals surface area contributed by atoms with Crippen molar-refractivity contribution in [3.05, 3.63) is 47.9 Å². The number of nitrogens with two attached hydrogens (primary N) is 1. The Morgan fingerprint density at radius 1 is 1.15 bits per heavy atom. The van der Waals surface area contributed by atoms with E-state index in [1.54, 1.807) is 12.2 Å². The molecule has 1 aliphatic carbocycles. The minimum Gasteiger partial charge on any atom is -0.494 e. The van der Waals surface area contributed by atoms with Crippen LogP contribution in [-0.4, -0.2) is 32.6 Å². The summed E-state index contributed by atoms with van der Waals surface area (Å²) in [6.07, 6.45) is 3.23. The highest BCUT2D eigenvalue weighted by atomic mass is 16.5. The number of nitrogens with zero attached hydrogens (tertiary/aromatic N) is 2. The number of rotatable bonds is 3. The third-order valence-corrected chi connectivity index (χ3v) is 2.96. The van der Waals surface area contributed by atoms with Crippen molar-refractivity contribution in [1.29, 1.82) is 5.41 Å². The van der Waals surface area contributed by atoms with Crippen LogP contribution >= 0.6 is 0 Å². The zero-order valence-corrected chi connectivity index (χ0v) is 11.8. The van der Waals surface area contributed by atoms with Gasteiger partial charge in [-0.25, -0.2) is 4.99 Å². The second-order valence-electron chi connectivity index (χ2n) is 4.63. The second kappa shape index (κ2) is 5.61. The zero-order valence-electron chi connectivity index (χ0n) is 11.8. The van der Waals surface area contributed by atoms with Crippen molar-refractivity contribution in [2.24, 2.45) is 10.7 Å². The van der Waals surface area contributed by atoms with Gasteiger partial charge < -0.3 is 15.4 Å². The van der Waals surface area contributed by atoms with Crippen molar-refractivity contribution in [2.75, 3.05) is 26.1 Å². The number of ether oxygens (including phenoxy) is 1. The molecule has 0 fully saturated rings. The molecule has 20 heavy (non-hydrogen) atoms. The Morgan fingerprint density at radius 2 is 1.80 bits per heavy atom. The van der Waals surface area contributed by atoms with Crippen LogP contribution in [0, 0.1) is 5.41 Å². The fourth-order valence-corrected chi connectivity index (χ4v) is 1.82. The average molecular weight is 270 g/mol. The quantitative estimate of drug-likeness (QED) is 0.827. The van der Waals surface area contributed by atoms with Crippen molar-refractivity contribution in [3.8, 4) is 0 Å². The monoisotopic (exact) mass is 270 g/mol. The van der Waals surface area contributed by atoms with Crippen molar-refractivity contribution >= 4 is 22.8 Å². The van der Waals surface area contributed by atoms with Crippen LogP contribution in [0.3, 0.4) is 0 Å². The lowest BCUT2D eigenvalue weighted by molar-refractivity contribution is 0.315. The summed E-state index contributed by atoms with van der Waals surface area (Å²) in [5, 5.41) is 7.71. The maximum Gasteiger partial charge on any atom is 0.146 e. The standard InChI is InChI=1S/C15H18N4O/c1-19(2)11-6-4-10(5-7-11)18-14-9-15(20-3)13(17)8-12(14)16/h4-9,17H,16H2,1-3H3. The molecule has 1 aromatic carbocycles. The molecule has 104 valence electrons. The molecule has 0 spiro atoms. The van der Waals surface area contributed by atoms with Gasteiger partial charge in [-0.05, 0) is 30.3 Å². The molecule has 0 aliphatic heterocycles. The fourth-order valence-electron chi connectivity index (χ4n) is 1.82. The minimum atomic E-state index is 0.256. The molecule has 5 heteroatoms. The summed E-state index contributed by atoms with van der Waals surface area (Å²) < 4.78 is 5.12. The van der Waals surface area contributed by atoms with E-state index < -0.39 is 0 Å². The lowest BCUT2D eigenvalue weighted by Gasteiger charge is -2.14. The minimum absolute atomic E-state index is 0.256. The van der Waals surface area contributed by atoms with Crippen molar-refractivity contribution in [2.45, 2.75) is 0 Å². The summed E-state index contributed by atoms with van der Waals surface area (Å²) in [4.78, 5) is 6.51. The van der Waals surface area contributed by atoms with E-state index in [9.17, 15) is 0 Å². The molecule has 0 bridgehead atoms. The predicted molar refractivity (Wildman–Crippen MR) is 83.0 cm³/mol. The highest BCUT2D eigenvalue weighted by Crippen LogP contribution is 2.20. The first-order chi connectivity index (χ1) is 9.51. The van der Waals surface area contributed by atoms with Crippen LogP contribution in [0.5, 0.6) is 0 Å². The summed E-state index contributed by atoms with van der Waals surface area (Å²) in [5.41, 5.74) is 9.14. The molecule has 0 heterocycles. The van der Waals surface area contributed by atoms with Gasteiger partial charge in [0.15, 0.2) is 0 Å². The first-order valence-electron chi connectivity index (χ1n) is 6.19. The second-order valence-corrected chi connectivity index (χ2v) is 4.63. The van der Waals surface area contributed by atoms with Gasteiger partial charge in [-0.3, -0.25) is 5.41 Å². The molecule has 0 amide bonds. The van der Waals surface area contributed by atoms with Gasteiger partial charge in [0.25, 0.3) is 0 Å². The topological polar surface area (TPSA) is 74.7 Å². The van der Waals surface area contributed by atoms with Gasteiger partial charge in [-0.2, -0.15) is 0 Å². The van der Waals surface area contributed by atoms with E-state index in [0.717, 1.165) is 11.4 Å². The number of hydrogen-bond donors (Lipinski definition) is 2. The van der Waals surface area contributed by atoms with Crippen LogP contribution < -0.4 is 10.6 Å². The summed E-state index contributed by atoms with van der Waals surface area (Å²) in [6.45, 7) is 0. The Bertz CT molecular complexity index is 609. The summed E-state index contributed by atoms with van der Waals surface area (Å²) in [5.74, 6) is 0.461. The SMILES string of the molecule is COC1=CC(=Nc2ccc(N(C)C)cc2)C(N)=CC1=N. The molecule has 1 aliphatic rings. The Kier molecular flexibility index (Phi) is 3.89. The zero-order chi connectivity index (χ0) is 14.7. The van der Waals surface area contributed by atoms with E-state index in [1.807, 2.05) is 43.3 Å². The molecule has 0 aromatic heterocycles. The molecule has 0 unspecified atom stereocenters. The van der Waals surface area contributed by atoms with Crippen LogP contribution in [-0.2, 0) is 4.74 Å². The highest BCUT2D eigenvalue weighted by molar-refractivity contribution is 6.22. The van der Waals surface area contributed by atoms with Crippen LogP contribution in [0.25, 0.3) is 0 Å². The van der Waals surface area contributed by atoms with Crippen LogP contribution in [0.2, 0.25) is 0 Å². The Hall–Kier alpha value is -2.56. The summed E-state index contributed by atoms with van der Waals surface area (Å²) in [6, 6.07) is 7.84. The maximum absolute atomic E-state index is 7.71. The third kappa shape index (κ3) is 2.88. The van der Waals surface area contributed by atoms with Gasteiger partial charge in [-0.1, -0.05) is 0 Å². The summed E-state index contributed by atoms with van der Waals surface area (Å²) >= 11 is 0. The van der Waals surface area contributed by atoms with E-state index in [-0.39, 0.29) is 5.71 Å². The predicted octanol–water partition coefficient (Wildman–Crippen LogP) is 2.23. The third-order valence-electron chi connectivity index (χ3n) is 2.96. The first-order valence-corrected chi connectivity index (χ1v) is 6.19. The van der Waals surface area contributed by atoms with E-state index in [1.165, 1.54) is 7.11 Å². The molecule has 0 atom stereocenters. The van der Waals surface area contributed by atoms with Gasteiger partial charge >= 0.3 is 0 Å². The molecule has 5 nitrogen and oxygen atoms in total. The van der Waals surface area contributed by atoms with Crippen molar-refractivity contribution in [3.63, 3.8) is 0 Å². The first kappa shape index (κ1) is 13.9. The van der Waals surface area contributed by atoms with E-state index in [0.29, 0.717) is 17.2 Å². The van der Waals surface area contributed by atoms with Crippen molar-refractivity contribution < 1.29 is 4.74 Å². The maximum atomic E-state index is 7.71. The van der Waals surface area contributed by atoms with Gasteiger partial charge in [0.1, 0.15) is 5.76 Å². The average Bonchev–Trinajstić information content (AvgIpc) is 2.42. The van der Waals surface area contributed by atoms with Crippen molar-refractivity contribution in [1.82, 2.24) is 0 Å². The Labute approximate surface area is 118 Å². The molecule has 3 N–H and O–H groups in total. The molecule has 1 aromatic rings. The van der Waals surface area contributed by atoms with E-state index in [2.05, 4.69) is 4.99 Å². The number of aliphatic imine (C=N–C) groups is 1. The van der Waals surface area contributed by atoms with E-state index >= 15 is 0 Å². The molecule has 2 rings (SSSR count).